The number of rotatable bonds is 2. The van der Waals surface area contributed by atoms with Crippen molar-refractivity contribution in [2.24, 2.45) is 0 Å². The van der Waals surface area contributed by atoms with Gasteiger partial charge in [-0.1, -0.05) is 23.2 Å². The Bertz CT molecular complexity index is 372. The van der Waals surface area contributed by atoms with Gasteiger partial charge in [-0.15, -0.1) is 10.2 Å². The fraction of sp³-hybridized carbons (Fsp3) is 0.600. The van der Waals surface area contributed by atoms with Crippen LogP contribution in [0.5, 0.6) is 0 Å². The Morgan fingerprint density at radius 2 is 2.25 bits per heavy atom. The van der Waals surface area contributed by atoms with Crippen molar-refractivity contribution >= 4 is 28.9 Å². The van der Waals surface area contributed by atoms with Crippen LogP contribution in [-0.4, -0.2) is 41.3 Å². The number of aromatic nitrogens is 2. The van der Waals surface area contributed by atoms with Crippen LogP contribution in [0.4, 0.5) is 5.69 Å². The molecule has 1 aliphatic heterocycles. The standard InChI is InChI=1S/C10H14Cl2N4/c1-16-4-2-3-7(6-16)13-8-5-9(11)14-15-10(8)12/h5,7H,2-4,6H2,1H3,(H,13,14). The SMILES string of the molecule is CN1CCCC(Nc2cc(Cl)nnc2Cl)C1. The van der Waals surface area contributed by atoms with Crippen LogP contribution in [0.3, 0.4) is 0 Å². The maximum atomic E-state index is 5.94. The van der Waals surface area contributed by atoms with Crippen LogP contribution in [0.15, 0.2) is 6.07 Å². The largest absolute Gasteiger partial charge is 0.378 e. The van der Waals surface area contributed by atoms with Crippen molar-refractivity contribution in [1.29, 1.82) is 0 Å². The molecule has 1 saturated heterocycles. The lowest BCUT2D eigenvalue weighted by Crippen LogP contribution is -2.39. The van der Waals surface area contributed by atoms with E-state index in [1.54, 1.807) is 6.07 Å². The summed E-state index contributed by atoms with van der Waals surface area (Å²) in [7, 11) is 2.12. The summed E-state index contributed by atoms with van der Waals surface area (Å²) < 4.78 is 0. The van der Waals surface area contributed by atoms with Crippen molar-refractivity contribution < 1.29 is 0 Å². The van der Waals surface area contributed by atoms with E-state index in [0.29, 0.717) is 16.3 Å². The van der Waals surface area contributed by atoms with Crippen LogP contribution in [0.1, 0.15) is 12.8 Å². The number of piperidine rings is 1. The molecule has 0 aliphatic carbocycles. The van der Waals surface area contributed by atoms with Crippen LogP contribution in [0, 0.1) is 0 Å². The Balaban J connectivity index is 2.05. The van der Waals surface area contributed by atoms with Gasteiger partial charge in [0.1, 0.15) is 0 Å². The highest BCUT2D eigenvalue weighted by atomic mass is 35.5. The molecule has 1 fully saturated rings. The van der Waals surface area contributed by atoms with E-state index < -0.39 is 0 Å². The number of hydrogen-bond donors (Lipinski definition) is 1. The van der Waals surface area contributed by atoms with Gasteiger partial charge in [-0.05, 0) is 26.4 Å². The third kappa shape index (κ3) is 2.97. The molecule has 0 aromatic carbocycles. The fourth-order valence-corrected chi connectivity index (χ4v) is 2.25. The van der Waals surface area contributed by atoms with Crippen LogP contribution < -0.4 is 5.32 Å². The van der Waals surface area contributed by atoms with E-state index in [1.807, 2.05) is 0 Å². The first kappa shape index (κ1) is 11.9. The van der Waals surface area contributed by atoms with E-state index >= 15 is 0 Å². The van der Waals surface area contributed by atoms with Crippen molar-refractivity contribution in [3.05, 3.63) is 16.4 Å². The Morgan fingerprint density at radius 1 is 1.44 bits per heavy atom. The Labute approximate surface area is 105 Å². The van der Waals surface area contributed by atoms with E-state index in [0.717, 1.165) is 25.2 Å². The topological polar surface area (TPSA) is 41.0 Å². The summed E-state index contributed by atoms with van der Waals surface area (Å²) in [6.45, 7) is 2.16. The third-order valence-corrected chi connectivity index (χ3v) is 3.17. The summed E-state index contributed by atoms with van der Waals surface area (Å²) >= 11 is 11.7. The van der Waals surface area contributed by atoms with Gasteiger partial charge in [0.25, 0.3) is 0 Å². The molecule has 0 bridgehead atoms. The van der Waals surface area contributed by atoms with Gasteiger partial charge in [-0.3, -0.25) is 0 Å². The summed E-state index contributed by atoms with van der Waals surface area (Å²) in [6, 6.07) is 2.11. The second-order valence-electron chi connectivity index (χ2n) is 4.12. The molecule has 1 unspecified atom stereocenters. The van der Waals surface area contributed by atoms with Crippen LogP contribution in [-0.2, 0) is 0 Å². The van der Waals surface area contributed by atoms with Crippen LogP contribution in [0.25, 0.3) is 0 Å². The Morgan fingerprint density at radius 3 is 3.00 bits per heavy atom. The molecule has 1 N–H and O–H groups in total. The molecule has 2 heterocycles. The van der Waals surface area contributed by atoms with Crippen molar-refractivity contribution in [2.75, 3.05) is 25.5 Å². The zero-order chi connectivity index (χ0) is 11.5. The van der Waals surface area contributed by atoms with Gasteiger partial charge in [0, 0.05) is 18.7 Å². The van der Waals surface area contributed by atoms with Crippen molar-refractivity contribution in [2.45, 2.75) is 18.9 Å². The summed E-state index contributed by atoms with van der Waals surface area (Å²) in [5.74, 6) is 0. The lowest BCUT2D eigenvalue weighted by molar-refractivity contribution is 0.261. The Hall–Kier alpha value is -0.580. The van der Waals surface area contributed by atoms with Gasteiger partial charge in [0.05, 0.1) is 5.69 Å². The third-order valence-electron chi connectivity index (χ3n) is 2.70. The highest BCUT2D eigenvalue weighted by molar-refractivity contribution is 6.33. The predicted octanol–water partition coefficient (Wildman–Crippen LogP) is 2.29. The number of nitrogens with zero attached hydrogens (tertiary/aromatic N) is 3. The summed E-state index contributed by atoms with van der Waals surface area (Å²) in [5, 5.41) is 11.5. The first-order valence-electron chi connectivity index (χ1n) is 5.29. The molecule has 16 heavy (non-hydrogen) atoms. The molecule has 6 heteroatoms. The molecule has 0 amide bonds. The number of likely N-dealkylation sites (tertiary alicyclic amines) is 1. The van der Waals surface area contributed by atoms with E-state index in [1.165, 1.54) is 6.42 Å². The molecule has 1 aromatic heterocycles. The molecule has 1 aliphatic rings. The van der Waals surface area contributed by atoms with Crippen LogP contribution in [0.2, 0.25) is 10.3 Å². The second kappa shape index (κ2) is 5.17. The zero-order valence-electron chi connectivity index (χ0n) is 9.08. The fourth-order valence-electron chi connectivity index (χ4n) is 1.96. The first-order valence-corrected chi connectivity index (χ1v) is 6.04. The minimum atomic E-state index is 0.357. The minimum absolute atomic E-state index is 0.357. The lowest BCUT2D eigenvalue weighted by Gasteiger charge is -2.30. The van der Waals surface area contributed by atoms with Gasteiger partial charge in [0.2, 0.25) is 0 Å². The predicted molar refractivity (Wildman–Crippen MR) is 66.2 cm³/mol. The number of hydrogen-bond acceptors (Lipinski definition) is 4. The molecule has 1 atom stereocenters. The van der Waals surface area contributed by atoms with Crippen molar-refractivity contribution in [3.63, 3.8) is 0 Å². The molecule has 88 valence electrons. The molecule has 0 saturated carbocycles. The van der Waals surface area contributed by atoms with Crippen molar-refractivity contribution in [3.8, 4) is 0 Å². The van der Waals surface area contributed by atoms with E-state index in [4.69, 9.17) is 23.2 Å². The first-order chi connectivity index (χ1) is 7.65. The Kier molecular flexibility index (Phi) is 3.84. The smallest absolute Gasteiger partial charge is 0.174 e. The summed E-state index contributed by atoms with van der Waals surface area (Å²) in [5.41, 5.74) is 0.766. The molecular formula is C10H14Cl2N4. The zero-order valence-corrected chi connectivity index (χ0v) is 10.6. The lowest BCUT2D eigenvalue weighted by atomic mass is 10.1. The quantitative estimate of drug-likeness (QED) is 0.886. The number of nitrogens with one attached hydrogen (secondary N) is 1. The van der Waals surface area contributed by atoms with Gasteiger partial charge in [0.15, 0.2) is 10.3 Å². The maximum absolute atomic E-state index is 5.94. The average Bonchev–Trinajstić information content (AvgIpc) is 2.24. The van der Waals surface area contributed by atoms with E-state index in [9.17, 15) is 0 Å². The molecule has 2 rings (SSSR count). The highest BCUT2D eigenvalue weighted by Gasteiger charge is 2.18. The minimum Gasteiger partial charge on any atom is -0.378 e. The molecular weight excluding hydrogens is 247 g/mol. The normalized spacial score (nSPS) is 22.1. The number of anilines is 1. The highest BCUT2D eigenvalue weighted by Crippen LogP contribution is 2.23. The molecule has 4 nitrogen and oxygen atoms in total. The molecule has 0 spiro atoms. The second-order valence-corrected chi connectivity index (χ2v) is 4.86. The average molecular weight is 261 g/mol. The van der Waals surface area contributed by atoms with E-state index in [-0.39, 0.29) is 0 Å². The number of likely N-dealkylation sites (N-methyl/N-ethyl adjacent to an activating group) is 1. The van der Waals surface area contributed by atoms with Crippen LogP contribution >= 0.6 is 23.2 Å². The molecule has 1 aromatic rings. The maximum Gasteiger partial charge on any atom is 0.174 e. The monoisotopic (exact) mass is 260 g/mol. The molecule has 0 radical (unpaired) electrons. The van der Waals surface area contributed by atoms with E-state index in [2.05, 4.69) is 27.5 Å². The van der Waals surface area contributed by atoms with Gasteiger partial charge >= 0.3 is 0 Å². The summed E-state index contributed by atoms with van der Waals surface area (Å²) in [6.07, 6.45) is 2.33. The van der Waals surface area contributed by atoms with Gasteiger partial charge < -0.3 is 10.2 Å². The number of halogens is 2. The van der Waals surface area contributed by atoms with Crippen molar-refractivity contribution in [1.82, 2.24) is 15.1 Å². The summed E-state index contributed by atoms with van der Waals surface area (Å²) in [4.78, 5) is 2.30. The van der Waals surface area contributed by atoms with Gasteiger partial charge in [-0.25, -0.2) is 0 Å². The van der Waals surface area contributed by atoms with Gasteiger partial charge in [-0.2, -0.15) is 0 Å².